The molecule has 5 nitrogen and oxygen atoms in total. The number of hydrogen-bond donors (Lipinski definition) is 2. The van der Waals surface area contributed by atoms with E-state index in [1.807, 2.05) is 26.1 Å². The molecule has 2 N–H and O–H groups in total. The van der Waals surface area contributed by atoms with E-state index >= 15 is 0 Å². The van der Waals surface area contributed by atoms with Gasteiger partial charge in [-0.2, -0.15) is 0 Å². The van der Waals surface area contributed by atoms with Crippen LogP contribution in [0, 0.1) is 13.8 Å². The van der Waals surface area contributed by atoms with Crippen molar-refractivity contribution in [2.24, 2.45) is 4.99 Å². The lowest BCUT2D eigenvalue weighted by Crippen LogP contribution is -2.36. The van der Waals surface area contributed by atoms with Crippen molar-refractivity contribution in [2.45, 2.75) is 33.9 Å². The molecule has 0 fully saturated rings. The summed E-state index contributed by atoms with van der Waals surface area (Å²) in [6.07, 6.45) is 1.83. The molecule has 1 aromatic carbocycles. The lowest BCUT2D eigenvalue weighted by Gasteiger charge is -2.11. The largest absolute Gasteiger partial charge is 0.357 e. The molecule has 0 spiro atoms. The highest BCUT2D eigenvalue weighted by Gasteiger charge is 2.06. The Hall–Kier alpha value is -1.74. The number of aliphatic imine (C=N–C) groups is 1. The van der Waals surface area contributed by atoms with Crippen molar-refractivity contribution in [3.05, 3.63) is 57.7 Å². The van der Waals surface area contributed by atoms with Gasteiger partial charge in [0.25, 0.3) is 0 Å². The monoisotopic (exact) mass is 481 g/mol. The van der Waals surface area contributed by atoms with Crippen LogP contribution < -0.4 is 10.6 Å². The van der Waals surface area contributed by atoms with Gasteiger partial charge >= 0.3 is 0 Å². The number of pyridine rings is 1. The number of para-hydroxylation sites is 1. The van der Waals surface area contributed by atoms with Crippen LogP contribution in [0.15, 0.2) is 41.5 Å². The maximum atomic E-state index is 4.72. The summed E-state index contributed by atoms with van der Waals surface area (Å²) in [5, 5.41) is 8.94. The average molecular weight is 481 g/mol. The molecule has 7 heteroatoms. The molecular formula is C19H24IN5S. The molecule has 0 radical (unpaired) electrons. The molecule has 0 aliphatic carbocycles. The van der Waals surface area contributed by atoms with Crippen molar-refractivity contribution in [1.82, 2.24) is 20.6 Å². The summed E-state index contributed by atoms with van der Waals surface area (Å²) in [7, 11) is 0. The Kier molecular flexibility index (Phi) is 7.77. The third-order valence-corrected chi connectivity index (χ3v) is 4.96. The van der Waals surface area contributed by atoms with E-state index in [4.69, 9.17) is 4.99 Å². The second-order valence-corrected chi connectivity index (χ2v) is 7.07. The van der Waals surface area contributed by atoms with Gasteiger partial charge in [0.1, 0.15) is 0 Å². The molecule has 0 atom stereocenters. The van der Waals surface area contributed by atoms with Crippen molar-refractivity contribution in [3.8, 4) is 0 Å². The van der Waals surface area contributed by atoms with Crippen LogP contribution in [0.3, 0.4) is 0 Å². The average Bonchev–Trinajstić information content (AvgIpc) is 2.94. The van der Waals surface area contributed by atoms with E-state index < -0.39 is 0 Å². The fourth-order valence-electron chi connectivity index (χ4n) is 2.70. The minimum absolute atomic E-state index is 0. The zero-order valence-corrected chi connectivity index (χ0v) is 18.4. The number of nitrogens with one attached hydrogen (secondary N) is 2. The number of guanidine groups is 1. The minimum Gasteiger partial charge on any atom is -0.357 e. The first-order valence-corrected chi connectivity index (χ1v) is 9.26. The highest BCUT2D eigenvalue weighted by Crippen LogP contribution is 2.17. The van der Waals surface area contributed by atoms with E-state index in [0.29, 0.717) is 6.54 Å². The molecule has 138 valence electrons. The number of benzene rings is 1. The second kappa shape index (κ2) is 9.82. The van der Waals surface area contributed by atoms with Gasteiger partial charge in [-0.25, -0.2) is 9.98 Å². The molecule has 3 rings (SSSR count). The Bertz CT molecular complexity index is 885. The quantitative estimate of drug-likeness (QED) is 0.326. The molecule has 0 bridgehead atoms. The van der Waals surface area contributed by atoms with Crippen molar-refractivity contribution in [1.29, 1.82) is 0 Å². The first-order chi connectivity index (χ1) is 12.2. The van der Waals surface area contributed by atoms with Crippen molar-refractivity contribution >= 4 is 52.2 Å². The Balaban J connectivity index is 0.00000243. The summed E-state index contributed by atoms with van der Waals surface area (Å²) in [6.45, 7) is 8.29. The molecule has 0 aliphatic rings. The van der Waals surface area contributed by atoms with Crippen LogP contribution in [-0.2, 0) is 13.1 Å². The Morgan fingerprint density at radius 2 is 1.96 bits per heavy atom. The van der Waals surface area contributed by atoms with Gasteiger partial charge in [0.2, 0.25) is 0 Å². The van der Waals surface area contributed by atoms with E-state index in [2.05, 4.69) is 51.8 Å². The number of fused-ring (bicyclic) bond motifs is 1. The van der Waals surface area contributed by atoms with Crippen LogP contribution in [0.25, 0.3) is 10.9 Å². The highest BCUT2D eigenvalue weighted by atomic mass is 127. The van der Waals surface area contributed by atoms with Crippen molar-refractivity contribution in [2.75, 3.05) is 6.54 Å². The summed E-state index contributed by atoms with van der Waals surface area (Å²) < 4.78 is 0. The lowest BCUT2D eigenvalue weighted by molar-refractivity contribution is 0.819. The third-order valence-electron chi connectivity index (χ3n) is 3.88. The van der Waals surface area contributed by atoms with Crippen LogP contribution in [0.1, 0.15) is 28.1 Å². The van der Waals surface area contributed by atoms with E-state index in [-0.39, 0.29) is 24.0 Å². The molecule has 2 aromatic heterocycles. The highest BCUT2D eigenvalue weighted by molar-refractivity contribution is 14.0. The van der Waals surface area contributed by atoms with Crippen LogP contribution in [0.5, 0.6) is 0 Å². The van der Waals surface area contributed by atoms with Crippen LogP contribution in [0.2, 0.25) is 0 Å². The van der Waals surface area contributed by atoms with Crippen molar-refractivity contribution in [3.63, 3.8) is 0 Å². The molecule has 0 aliphatic heterocycles. The zero-order valence-electron chi connectivity index (χ0n) is 15.2. The zero-order chi connectivity index (χ0) is 17.6. The summed E-state index contributed by atoms with van der Waals surface area (Å²) in [5.74, 6) is 0.806. The number of nitrogens with zero attached hydrogens (tertiary/aromatic N) is 3. The van der Waals surface area contributed by atoms with E-state index in [1.165, 1.54) is 4.88 Å². The van der Waals surface area contributed by atoms with Gasteiger partial charge in [0, 0.05) is 23.0 Å². The first-order valence-electron chi connectivity index (χ1n) is 8.45. The second-order valence-electron chi connectivity index (χ2n) is 5.78. The number of aromatic nitrogens is 2. The fourth-order valence-corrected chi connectivity index (χ4v) is 3.58. The Morgan fingerprint density at radius 3 is 2.69 bits per heavy atom. The van der Waals surface area contributed by atoms with E-state index in [1.54, 1.807) is 11.3 Å². The van der Waals surface area contributed by atoms with Gasteiger partial charge in [-0.3, -0.25) is 4.98 Å². The van der Waals surface area contributed by atoms with Crippen LogP contribution >= 0.6 is 35.3 Å². The first kappa shape index (κ1) is 20.6. The summed E-state index contributed by atoms with van der Waals surface area (Å²) in [5.41, 5.74) is 3.22. The number of thiazole rings is 1. The third kappa shape index (κ3) is 5.14. The molecule has 2 heterocycles. The molecular weight excluding hydrogens is 457 g/mol. The molecule has 3 aromatic rings. The number of halogens is 1. The van der Waals surface area contributed by atoms with Crippen molar-refractivity contribution < 1.29 is 0 Å². The Morgan fingerprint density at radius 1 is 1.15 bits per heavy atom. The topological polar surface area (TPSA) is 62.2 Å². The predicted octanol–water partition coefficient (Wildman–Crippen LogP) is 4.18. The summed E-state index contributed by atoms with van der Waals surface area (Å²) in [4.78, 5) is 14.9. The molecule has 0 unspecified atom stereocenters. The number of aryl methyl sites for hydroxylation is 2. The molecule has 0 amide bonds. The SMILES string of the molecule is CCNC(=NCc1cccc2cccnc12)NCc1sc(C)nc1C.I. The lowest BCUT2D eigenvalue weighted by atomic mass is 10.1. The minimum atomic E-state index is 0. The molecule has 26 heavy (non-hydrogen) atoms. The van der Waals surface area contributed by atoms with Crippen LogP contribution in [-0.4, -0.2) is 22.5 Å². The summed E-state index contributed by atoms with van der Waals surface area (Å²) >= 11 is 1.72. The van der Waals surface area contributed by atoms with E-state index in [9.17, 15) is 0 Å². The fraction of sp³-hybridized carbons (Fsp3) is 0.316. The van der Waals surface area contributed by atoms with Gasteiger partial charge in [-0.05, 0) is 32.4 Å². The van der Waals surface area contributed by atoms with Gasteiger partial charge in [-0.15, -0.1) is 35.3 Å². The van der Waals surface area contributed by atoms with Gasteiger partial charge < -0.3 is 10.6 Å². The van der Waals surface area contributed by atoms with Gasteiger partial charge in [0.05, 0.1) is 29.3 Å². The normalized spacial score (nSPS) is 11.3. The predicted molar refractivity (Wildman–Crippen MR) is 120 cm³/mol. The molecule has 0 saturated heterocycles. The molecule has 0 saturated carbocycles. The maximum Gasteiger partial charge on any atom is 0.191 e. The maximum absolute atomic E-state index is 4.72. The van der Waals surface area contributed by atoms with Gasteiger partial charge in [0.15, 0.2) is 5.96 Å². The number of hydrogen-bond acceptors (Lipinski definition) is 4. The van der Waals surface area contributed by atoms with E-state index in [0.717, 1.165) is 46.2 Å². The van der Waals surface area contributed by atoms with Crippen LogP contribution in [0.4, 0.5) is 0 Å². The smallest absolute Gasteiger partial charge is 0.191 e. The standard InChI is InChI=1S/C19H23N5S.HI/c1-4-20-19(23-12-17-13(2)24-14(3)25-17)22-11-16-8-5-7-15-9-6-10-21-18(15)16;/h5-10H,4,11-12H2,1-3H3,(H2,20,22,23);1H. The Labute approximate surface area is 175 Å². The van der Waals surface area contributed by atoms with Gasteiger partial charge in [-0.1, -0.05) is 24.3 Å². The summed E-state index contributed by atoms with van der Waals surface area (Å²) in [6, 6.07) is 10.2. The number of rotatable bonds is 5.